The van der Waals surface area contributed by atoms with Crippen LogP contribution in [-0.4, -0.2) is 50.4 Å². The molecule has 3 aromatic carbocycles. The van der Waals surface area contributed by atoms with Gasteiger partial charge in [0, 0.05) is 18.4 Å². The summed E-state index contributed by atoms with van der Waals surface area (Å²) in [6.45, 7) is 3.76. The zero-order chi connectivity index (χ0) is 29.7. The second-order valence-electron chi connectivity index (χ2n) is 11.5. The van der Waals surface area contributed by atoms with Gasteiger partial charge in [-0.3, -0.25) is 29.0 Å². The normalized spacial score (nSPS) is 32.1. The molecule has 4 amide bonds. The van der Waals surface area contributed by atoms with Gasteiger partial charge in [0.05, 0.1) is 17.5 Å². The van der Waals surface area contributed by atoms with E-state index in [1.54, 1.807) is 48.5 Å². The number of hydrogen-bond donors (Lipinski definition) is 1. The number of aromatic hydroxyl groups is 1. The van der Waals surface area contributed by atoms with E-state index in [0.717, 1.165) is 10.5 Å². The third-order valence-corrected chi connectivity index (χ3v) is 11.1. The van der Waals surface area contributed by atoms with Crippen LogP contribution >= 0.6 is 23.2 Å². The van der Waals surface area contributed by atoms with Crippen LogP contribution < -0.4 is 4.90 Å². The summed E-state index contributed by atoms with van der Waals surface area (Å²) in [7, 11) is 1.36. The molecular weight excluding hydrogens is 575 g/mol. The summed E-state index contributed by atoms with van der Waals surface area (Å²) in [5.41, 5.74) is 2.64. The average Bonchev–Trinajstić information content (AvgIpc) is 3.33. The van der Waals surface area contributed by atoms with Crippen molar-refractivity contribution in [2.75, 3.05) is 11.9 Å². The van der Waals surface area contributed by atoms with Crippen LogP contribution in [0.25, 0.3) is 16.8 Å². The number of phenolic OH excluding ortho intramolecular Hbond substituents is 1. The summed E-state index contributed by atoms with van der Waals surface area (Å²) in [6, 6.07) is 17.4. The molecule has 0 aromatic heterocycles. The molecule has 42 heavy (non-hydrogen) atoms. The molecule has 3 aromatic rings. The van der Waals surface area contributed by atoms with Gasteiger partial charge in [0.15, 0.2) is 9.75 Å². The molecule has 2 heterocycles. The third-order valence-electron chi connectivity index (χ3n) is 9.65. The maximum absolute atomic E-state index is 14.1. The number of carbonyl (C=O) groups excluding carboxylic acids is 4. The van der Waals surface area contributed by atoms with Gasteiger partial charge >= 0.3 is 0 Å². The lowest BCUT2D eigenvalue weighted by Gasteiger charge is -2.51. The Kier molecular flexibility index (Phi) is 5.79. The minimum atomic E-state index is -1.89. The molecule has 4 aliphatic rings. The first kappa shape index (κ1) is 26.9. The highest BCUT2D eigenvalue weighted by atomic mass is 35.5. The van der Waals surface area contributed by atoms with Gasteiger partial charge in [-0.05, 0) is 53.5 Å². The fourth-order valence-corrected chi connectivity index (χ4v) is 8.67. The molecule has 1 saturated carbocycles. The van der Waals surface area contributed by atoms with Crippen molar-refractivity contribution >= 4 is 69.4 Å². The van der Waals surface area contributed by atoms with Crippen molar-refractivity contribution in [3.8, 4) is 5.75 Å². The third kappa shape index (κ3) is 3.23. The lowest BCUT2D eigenvalue weighted by Crippen LogP contribution is -2.60. The highest BCUT2D eigenvalue weighted by Gasteiger charge is 2.76. The molecule has 2 aliphatic heterocycles. The number of alkyl halides is 2. The van der Waals surface area contributed by atoms with Crippen LogP contribution in [-0.2, 0) is 19.2 Å². The first-order chi connectivity index (χ1) is 20.0. The van der Waals surface area contributed by atoms with Crippen LogP contribution in [0, 0.1) is 17.8 Å². The minimum Gasteiger partial charge on any atom is -0.507 e. The Labute approximate surface area is 252 Å². The molecule has 9 heteroatoms. The number of allylic oxidation sites excluding steroid dienone is 2. The highest BCUT2D eigenvalue weighted by molar-refractivity contribution is 6.53. The van der Waals surface area contributed by atoms with E-state index in [1.165, 1.54) is 18.0 Å². The zero-order valence-corrected chi connectivity index (χ0v) is 24.1. The van der Waals surface area contributed by atoms with E-state index in [1.807, 2.05) is 18.2 Å². The van der Waals surface area contributed by atoms with E-state index in [2.05, 4.69) is 6.58 Å². The molecule has 6 atom stereocenters. The predicted molar refractivity (Wildman–Crippen MR) is 160 cm³/mol. The van der Waals surface area contributed by atoms with Crippen molar-refractivity contribution < 1.29 is 24.3 Å². The molecule has 0 spiro atoms. The maximum Gasteiger partial charge on any atom is 0.253 e. The SMILES string of the molecule is C=Cc1ccc(N2C(=O)C3CC=C4C(CC5(Cl)C(=O)N(C)C(=O)C5(Cl)C4c4ccc(O)c5ccccc45)C3C2=O)cc1. The first-order valence-electron chi connectivity index (χ1n) is 13.8. The number of anilines is 1. The average molecular weight is 601 g/mol. The number of phenols is 1. The quantitative estimate of drug-likeness (QED) is 0.247. The fourth-order valence-electron chi connectivity index (χ4n) is 7.66. The molecule has 2 aliphatic carbocycles. The molecule has 0 radical (unpaired) electrons. The predicted octanol–water partition coefficient (Wildman–Crippen LogP) is 5.38. The summed E-state index contributed by atoms with van der Waals surface area (Å²) in [5, 5.41) is 11.8. The van der Waals surface area contributed by atoms with Gasteiger partial charge in [0.1, 0.15) is 5.75 Å². The number of benzene rings is 3. The lowest BCUT2D eigenvalue weighted by molar-refractivity contribution is -0.138. The molecule has 6 unspecified atom stereocenters. The van der Waals surface area contributed by atoms with E-state index in [0.29, 0.717) is 27.6 Å². The van der Waals surface area contributed by atoms with Gasteiger partial charge in [-0.1, -0.05) is 66.8 Å². The Balaban J connectivity index is 1.42. The lowest BCUT2D eigenvalue weighted by atomic mass is 9.56. The van der Waals surface area contributed by atoms with Crippen LogP contribution in [0.5, 0.6) is 5.75 Å². The number of likely N-dealkylation sites (tertiary alicyclic amines) is 1. The maximum atomic E-state index is 14.1. The molecule has 212 valence electrons. The van der Waals surface area contributed by atoms with Gasteiger partial charge in [0.25, 0.3) is 11.8 Å². The van der Waals surface area contributed by atoms with Crippen molar-refractivity contribution in [3.63, 3.8) is 0 Å². The van der Waals surface area contributed by atoms with Crippen LogP contribution in [0.3, 0.4) is 0 Å². The van der Waals surface area contributed by atoms with E-state index in [-0.39, 0.29) is 30.4 Å². The first-order valence-corrected chi connectivity index (χ1v) is 14.5. The molecule has 1 N–H and O–H groups in total. The number of carbonyl (C=O) groups is 4. The Hall–Kier alpha value is -3.94. The molecule has 7 nitrogen and oxygen atoms in total. The van der Waals surface area contributed by atoms with E-state index in [9.17, 15) is 24.3 Å². The monoisotopic (exact) mass is 600 g/mol. The summed E-state index contributed by atoms with van der Waals surface area (Å²) < 4.78 is 0. The van der Waals surface area contributed by atoms with Crippen molar-refractivity contribution in [2.24, 2.45) is 17.8 Å². The Morgan fingerprint density at radius 2 is 1.60 bits per heavy atom. The largest absolute Gasteiger partial charge is 0.507 e. The second kappa shape index (κ2) is 9.03. The van der Waals surface area contributed by atoms with E-state index < -0.39 is 45.2 Å². The fraction of sp³-hybridized carbons (Fsp3) is 0.273. The summed E-state index contributed by atoms with van der Waals surface area (Å²) in [6.07, 6.45) is 3.78. The molecule has 3 fully saturated rings. The van der Waals surface area contributed by atoms with Gasteiger partial charge in [-0.15, -0.1) is 23.2 Å². The van der Waals surface area contributed by atoms with E-state index >= 15 is 0 Å². The molecular formula is C33H26Cl2N2O5. The Morgan fingerprint density at radius 1 is 0.905 bits per heavy atom. The number of hydrogen-bond acceptors (Lipinski definition) is 5. The Bertz CT molecular complexity index is 1780. The smallest absolute Gasteiger partial charge is 0.253 e. The molecule has 0 bridgehead atoms. The van der Waals surface area contributed by atoms with Gasteiger partial charge in [-0.2, -0.15) is 0 Å². The zero-order valence-electron chi connectivity index (χ0n) is 22.6. The minimum absolute atomic E-state index is 0.0563. The highest BCUT2D eigenvalue weighted by Crippen LogP contribution is 2.66. The summed E-state index contributed by atoms with van der Waals surface area (Å²) in [4.78, 5) is 53.8. The van der Waals surface area contributed by atoms with E-state index in [4.69, 9.17) is 23.2 Å². The number of nitrogens with zero attached hydrogens (tertiary/aromatic N) is 2. The standard InChI is InChI=1S/C33H26Cl2N2O5/c1-3-17-8-10-18(11-9-17)37-28(39)23-13-12-22-24(26(23)29(37)40)16-32(34)30(41)36(2)31(42)33(32,35)27(22)21-14-15-25(38)20-7-5-4-6-19(20)21/h3-12,14-15,23-24,26-27,38H,1,13,16H2,2H3. The van der Waals surface area contributed by atoms with Crippen molar-refractivity contribution in [2.45, 2.75) is 28.5 Å². The van der Waals surface area contributed by atoms with Crippen molar-refractivity contribution in [1.29, 1.82) is 0 Å². The van der Waals surface area contributed by atoms with Crippen LogP contribution in [0.15, 0.2) is 78.9 Å². The van der Waals surface area contributed by atoms with Gasteiger partial charge in [-0.25, -0.2) is 0 Å². The van der Waals surface area contributed by atoms with Crippen LogP contribution in [0.1, 0.15) is 29.9 Å². The molecule has 2 saturated heterocycles. The number of rotatable bonds is 3. The number of fused-ring (bicyclic) bond motifs is 5. The van der Waals surface area contributed by atoms with Gasteiger partial charge in [0.2, 0.25) is 11.8 Å². The van der Waals surface area contributed by atoms with Crippen molar-refractivity contribution in [3.05, 3.63) is 90.0 Å². The number of amides is 4. The number of halogens is 2. The van der Waals surface area contributed by atoms with Crippen LogP contribution in [0.2, 0.25) is 0 Å². The topological polar surface area (TPSA) is 95.0 Å². The second-order valence-corrected chi connectivity index (χ2v) is 12.8. The van der Waals surface area contributed by atoms with Crippen molar-refractivity contribution in [1.82, 2.24) is 4.90 Å². The number of imide groups is 2. The summed E-state index contributed by atoms with van der Waals surface area (Å²) in [5.74, 6) is -4.82. The van der Waals surface area contributed by atoms with Crippen LogP contribution in [0.4, 0.5) is 5.69 Å². The molecule has 7 rings (SSSR count). The Morgan fingerprint density at radius 3 is 2.29 bits per heavy atom. The summed E-state index contributed by atoms with van der Waals surface area (Å²) >= 11 is 14.6. The van der Waals surface area contributed by atoms with Gasteiger partial charge < -0.3 is 5.11 Å².